The molecule has 0 aliphatic carbocycles. The Bertz CT molecular complexity index is 562. The zero-order valence-electron chi connectivity index (χ0n) is 13.1. The highest BCUT2D eigenvalue weighted by Gasteiger charge is 2.34. The summed E-state index contributed by atoms with van der Waals surface area (Å²) >= 11 is 0. The number of rotatable bonds is 5. The molecule has 8 heteroatoms. The van der Waals surface area contributed by atoms with E-state index in [-0.39, 0.29) is 11.8 Å². The van der Waals surface area contributed by atoms with Crippen molar-refractivity contribution in [2.45, 2.75) is 38.4 Å². The van der Waals surface area contributed by atoms with Gasteiger partial charge in [-0.05, 0) is 30.8 Å². The number of nitrogens with zero attached hydrogens (tertiary/aromatic N) is 1. The standard InChI is InChI=1S/C15H22BN3O4/c1-10(17)15(21)19-8-2-3-13(19)14(20)18-9-11-4-6-12(7-5-11)16(22)23/h4-7,10,13,22-23H,2-3,8-9,17H2,1H3,(H,18,20)/t10?,13-/m0/s1. The van der Waals surface area contributed by atoms with Crippen molar-refractivity contribution in [3.8, 4) is 0 Å². The SMILES string of the molecule is CC(N)C(=O)N1CCC[C@H]1C(=O)NCc1ccc(B(O)O)cc1. The van der Waals surface area contributed by atoms with Crippen molar-refractivity contribution in [2.24, 2.45) is 5.73 Å². The summed E-state index contributed by atoms with van der Waals surface area (Å²) in [7, 11) is -1.50. The molecule has 1 aliphatic heterocycles. The van der Waals surface area contributed by atoms with Crippen molar-refractivity contribution in [1.82, 2.24) is 10.2 Å². The van der Waals surface area contributed by atoms with E-state index in [0.717, 1.165) is 12.0 Å². The van der Waals surface area contributed by atoms with Crippen molar-refractivity contribution in [3.63, 3.8) is 0 Å². The molecule has 5 N–H and O–H groups in total. The largest absolute Gasteiger partial charge is 0.488 e. The van der Waals surface area contributed by atoms with Crippen molar-refractivity contribution < 1.29 is 19.6 Å². The smallest absolute Gasteiger partial charge is 0.423 e. The molecule has 1 fully saturated rings. The molecule has 1 saturated heterocycles. The molecule has 124 valence electrons. The topological polar surface area (TPSA) is 116 Å². The van der Waals surface area contributed by atoms with E-state index in [0.29, 0.717) is 25.0 Å². The molecule has 0 aromatic heterocycles. The maximum atomic E-state index is 12.3. The second kappa shape index (κ2) is 7.58. The van der Waals surface area contributed by atoms with Crippen LogP contribution in [0.5, 0.6) is 0 Å². The number of hydrogen-bond donors (Lipinski definition) is 4. The van der Waals surface area contributed by atoms with Crippen molar-refractivity contribution >= 4 is 24.4 Å². The van der Waals surface area contributed by atoms with E-state index in [1.54, 1.807) is 36.1 Å². The summed E-state index contributed by atoms with van der Waals surface area (Å²) in [6, 6.07) is 5.54. The highest BCUT2D eigenvalue weighted by molar-refractivity contribution is 6.58. The second-order valence-corrected chi connectivity index (χ2v) is 5.81. The van der Waals surface area contributed by atoms with Crippen LogP contribution in [0.1, 0.15) is 25.3 Å². The minimum atomic E-state index is -1.50. The molecule has 2 rings (SSSR count). The summed E-state index contributed by atoms with van der Waals surface area (Å²) in [6.07, 6.45) is 1.43. The minimum absolute atomic E-state index is 0.192. The molecule has 1 aliphatic rings. The molecule has 0 radical (unpaired) electrons. The van der Waals surface area contributed by atoms with Gasteiger partial charge in [0.1, 0.15) is 6.04 Å². The number of amides is 2. The van der Waals surface area contributed by atoms with Gasteiger partial charge in [-0.25, -0.2) is 0 Å². The Hall–Kier alpha value is -1.90. The van der Waals surface area contributed by atoms with Crippen molar-refractivity contribution in [1.29, 1.82) is 0 Å². The quantitative estimate of drug-likeness (QED) is 0.484. The van der Waals surface area contributed by atoms with Gasteiger partial charge in [0, 0.05) is 13.1 Å². The Balaban J connectivity index is 1.92. The fraction of sp³-hybridized carbons (Fsp3) is 0.467. The normalized spacial score (nSPS) is 18.6. The minimum Gasteiger partial charge on any atom is -0.423 e. The van der Waals surface area contributed by atoms with Crippen LogP contribution in [0.4, 0.5) is 0 Å². The molecule has 1 unspecified atom stereocenters. The number of benzene rings is 1. The average molecular weight is 319 g/mol. The number of likely N-dealkylation sites (tertiary alicyclic amines) is 1. The van der Waals surface area contributed by atoms with E-state index in [2.05, 4.69) is 5.32 Å². The number of nitrogens with one attached hydrogen (secondary N) is 1. The predicted octanol–water partition coefficient (Wildman–Crippen LogP) is -1.68. The highest BCUT2D eigenvalue weighted by atomic mass is 16.4. The van der Waals surface area contributed by atoms with E-state index in [9.17, 15) is 9.59 Å². The number of hydrogen-bond acceptors (Lipinski definition) is 5. The zero-order chi connectivity index (χ0) is 17.0. The van der Waals surface area contributed by atoms with Crippen LogP contribution in [0.2, 0.25) is 0 Å². The van der Waals surface area contributed by atoms with Crippen LogP contribution in [0.15, 0.2) is 24.3 Å². The highest BCUT2D eigenvalue weighted by Crippen LogP contribution is 2.18. The van der Waals surface area contributed by atoms with Gasteiger partial charge >= 0.3 is 7.12 Å². The predicted molar refractivity (Wildman–Crippen MR) is 86.5 cm³/mol. The van der Waals surface area contributed by atoms with Crippen LogP contribution >= 0.6 is 0 Å². The Labute approximate surface area is 135 Å². The Morgan fingerprint density at radius 2 is 2.04 bits per heavy atom. The molecular weight excluding hydrogens is 297 g/mol. The second-order valence-electron chi connectivity index (χ2n) is 5.81. The first kappa shape index (κ1) is 17.5. The van der Waals surface area contributed by atoms with Gasteiger partial charge in [-0.1, -0.05) is 24.3 Å². The lowest BCUT2D eigenvalue weighted by Crippen LogP contribution is -2.50. The molecule has 0 bridgehead atoms. The van der Waals surface area contributed by atoms with E-state index >= 15 is 0 Å². The molecule has 1 heterocycles. The van der Waals surface area contributed by atoms with Crippen LogP contribution in [-0.4, -0.2) is 52.5 Å². The third-order valence-electron chi connectivity index (χ3n) is 3.97. The van der Waals surface area contributed by atoms with Gasteiger partial charge < -0.3 is 26.0 Å². The maximum absolute atomic E-state index is 12.3. The average Bonchev–Trinajstić information content (AvgIpc) is 3.01. The molecule has 2 atom stereocenters. The Morgan fingerprint density at radius 3 is 2.61 bits per heavy atom. The van der Waals surface area contributed by atoms with Gasteiger partial charge in [-0.15, -0.1) is 0 Å². The molecule has 7 nitrogen and oxygen atoms in total. The fourth-order valence-electron chi connectivity index (χ4n) is 2.68. The zero-order valence-corrected chi connectivity index (χ0v) is 13.1. The van der Waals surface area contributed by atoms with E-state index in [4.69, 9.17) is 15.8 Å². The van der Waals surface area contributed by atoms with Crippen LogP contribution < -0.4 is 16.5 Å². The molecular formula is C15H22BN3O4. The van der Waals surface area contributed by atoms with Gasteiger partial charge in [0.2, 0.25) is 11.8 Å². The molecule has 1 aromatic rings. The first-order valence-electron chi connectivity index (χ1n) is 7.69. The summed E-state index contributed by atoms with van der Waals surface area (Å²) in [5, 5.41) is 20.9. The summed E-state index contributed by atoms with van der Waals surface area (Å²) < 4.78 is 0. The molecule has 1 aromatic carbocycles. The van der Waals surface area contributed by atoms with E-state index in [1.165, 1.54) is 0 Å². The molecule has 23 heavy (non-hydrogen) atoms. The summed E-state index contributed by atoms with van der Waals surface area (Å²) in [5.41, 5.74) is 6.85. The lowest BCUT2D eigenvalue weighted by Gasteiger charge is -2.25. The van der Waals surface area contributed by atoms with Crippen LogP contribution in [0.25, 0.3) is 0 Å². The molecule has 0 spiro atoms. The summed E-state index contributed by atoms with van der Waals surface area (Å²) in [6.45, 7) is 2.49. The number of carbonyl (C=O) groups excluding carboxylic acids is 2. The van der Waals surface area contributed by atoms with Gasteiger partial charge in [0.05, 0.1) is 6.04 Å². The van der Waals surface area contributed by atoms with Gasteiger partial charge in [-0.3, -0.25) is 9.59 Å². The Morgan fingerprint density at radius 1 is 1.39 bits per heavy atom. The fourth-order valence-corrected chi connectivity index (χ4v) is 2.68. The molecule has 2 amide bonds. The van der Waals surface area contributed by atoms with Crippen LogP contribution in [-0.2, 0) is 16.1 Å². The van der Waals surface area contributed by atoms with E-state index < -0.39 is 19.2 Å². The van der Waals surface area contributed by atoms with Crippen molar-refractivity contribution in [3.05, 3.63) is 29.8 Å². The maximum Gasteiger partial charge on any atom is 0.488 e. The van der Waals surface area contributed by atoms with Crippen LogP contribution in [0, 0.1) is 0 Å². The van der Waals surface area contributed by atoms with E-state index in [1.807, 2.05) is 0 Å². The van der Waals surface area contributed by atoms with Gasteiger partial charge in [-0.2, -0.15) is 0 Å². The monoisotopic (exact) mass is 319 g/mol. The number of carbonyl (C=O) groups is 2. The lowest BCUT2D eigenvalue weighted by molar-refractivity contribution is -0.139. The number of nitrogens with two attached hydrogens (primary N) is 1. The lowest BCUT2D eigenvalue weighted by atomic mass is 9.80. The first-order valence-corrected chi connectivity index (χ1v) is 7.69. The Kier molecular flexibility index (Phi) is 5.76. The first-order chi connectivity index (χ1) is 10.9. The summed E-state index contributed by atoms with van der Waals surface area (Å²) in [4.78, 5) is 25.9. The third kappa shape index (κ3) is 4.31. The van der Waals surface area contributed by atoms with Gasteiger partial charge in [0.15, 0.2) is 0 Å². The third-order valence-corrected chi connectivity index (χ3v) is 3.97. The van der Waals surface area contributed by atoms with Gasteiger partial charge in [0.25, 0.3) is 0 Å². The summed E-state index contributed by atoms with van der Waals surface area (Å²) in [5.74, 6) is -0.397. The van der Waals surface area contributed by atoms with Crippen molar-refractivity contribution in [2.75, 3.05) is 6.54 Å². The van der Waals surface area contributed by atoms with Crippen LogP contribution in [0.3, 0.4) is 0 Å². The molecule has 0 saturated carbocycles.